The maximum atomic E-state index is 13.1. The topological polar surface area (TPSA) is 92.6 Å². The van der Waals surface area contributed by atoms with Crippen molar-refractivity contribution in [3.05, 3.63) is 60.4 Å². The second kappa shape index (κ2) is 10.2. The number of fused-ring (bicyclic) bond motifs is 1. The average molecular weight is 527 g/mol. The van der Waals surface area contributed by atoms with Gasteiger partial charge in [-0.3, -0.25) is 4.57 Å². The van der Waals surface area contributed by atoms with E-state index < -0.39 is 16.1 Å². The molecular weight excluding hydrogens is 496 g/mol. The predicted octanol–water partition coefficient (Wildman–Crippen LogP) is 4.10. The van der Waals surface area contributed by atoms with Crippen LogP contribution in [0, 0.1) is 0 Å². The summed E-state index contributed by atoms with van der Waals surface area (Å²) in [5, 5.41) is 9.41. The second-order valence-corrected chi connectivity index (χ2v) is 11.9. The van der Waals surface area contributed by atoms with E-state index in [9.17, 15) is 8.42 Å². The van der Waals surface area contributed by atoms with Crippen LogP contribution < -0.4 is 14.4 Å². The summed E-state index contributed by atoms with van der Waals surface area (Å²) in [6, 6.07) is 17.0. The Hall–Kier alpha value is -2.99. The van der Waals surface area contributed by atoms with Gasteiger partial charge in [-0.1, -0.05) is 29.4 Å². The molecule has 0 spiro atoms. The highest BCUT2D eigenvalue weighted by molar-refractivity contribution is 7.91. The van der Waals surface area contributed by atoms with E-state index in [1.807, 2.05) is 49.4 Å². The fourth-order valence-corrected chi connectivity index (χ4v) is 6.96. The molecule has 190 valence electrons. The van der Waals surface area contributed by atoms with Crippen molar-refractivity contribution >= 4 is 37.1 Å². The summed E-state index contributed by atoms with van der Waals surface area (Å²) < 4.78 is 38.0. The minimum Gasteiger partial charge on any atom is -0.424 e. The maximum Gasteiger partial charge on any atom is 0.322 e. The van der Waals surface area contributed by atoms with Crippen LogP contribution in [0.2, 0.25) is 0 Å². The van der Waals surface area contributed by atoms with Crippen LogP contribution in [0.3, 0.4) is 0 Å². The van der Waals surface area contributed by atoms with Crippen LogP contribution in [-0.4, -0.2) is 61.3 Å². The zero-order valence-corrected chi connectivity index (χ0v) is 22.2. The van der Waals surface area contributed by atoms with Crippen molar-refractivity contribution in [1.29, 1.82) is 0 Å². The van der Waals surface area contributed by atoms with Gasteiger partial charge in [0.1, 0.15) is 9.96 Å². The Morgan fingerprint density at radius 2 is 1.83 bits per heavy atom. The minimum atomic E-state index is -3.73. The third-order valence-electron chi connectivity index (χ3n) is 6.34. The van der Waals surface area contributed by atoms with Gasteiger partial charge in [-0.05, 0) is 50.5 Å². The first-order valence-electron chi connectivity index (χ1n) is 12.0. The summed E-state index contributed by atoms with van der Waals surface area (Å²) in [6.45, 7) is 8.22. The van der Waals surface area contributed by atoms with Crippen LogP contribution in [-0.2, 0) is 16.6 Å². The van der Waals surface area contributed by atoms with Gasteiger partial charge in [0.25, 0.3) is 10.0 Å². The molecule has 1 aliphatic heterocycles. The summed E-state index contributed by atoms with van der Waals surface area (Å²) in [4.78, 5) is 4.66. The maximum absolute atomic E-state index is 13.1. The number of hydrogen-bond donors (Lipinski definition) is 1. The Labute approximate surface area is 215 Å². The van der Waals surface area contributed by atoms with Crippen LogP contribution >= 0.6 is 11.3 Å². The average Bonchev–Trinajstić information content (AvgIpc) is 3.49. The first kappa shape index (κ1) is 24.7. The standard InChI is InChI=1S/C25H30N6O3S2/c1-4-31-24(18(2)28-36(32,33)23-16-19-8-5-6-11-22(19)35-23)26-27-25(31)34-21-10-7-9-20(17-21)30-14-12-29(3)13-15-30/h5-11,16-18,28H,4,12-15H2,1-3H3/t18-/m1/s1. The smallest absolute Gasteiger partial charge is 0.322 e. The van der Waals surface area contributed by atoms with Crippen LogP contribution in [0.1, 0.15) is 25.7 Å². The number of rotatable bonds is 8. The molecule has 1 fully saturated rings. The minimum absolute atomic E-state index is 0.273. The number of nitrogens with zero attached hydrogens (tertiary/aromatic N) is 5. The molecule has 11 heteroatoms. The van der Waals surface area contributed by atoms with E-state index in [2.05, 4.69) is 37.8 Å². The molecule has 0 unspecified atom stereocenters. The van der Waals surface area contributed by atoms with Gasteiger partial charge in [-0.25, -0.2) is 8.42 Å². The monoisotopic (exact) mass is 526 g/mol. The van der Waals surface area contributed by atoms with Crippen molar-refractivity contribution in [2.75, 3.05) is 38.1 Å². The highest BCUT2D eigenvalue weighted by Gasteiger charge is 2.25. The predicted molar refractivity (Wildman–Crippen MR) is 142 cm³/mol. The van der Waals surface area contributed by atoms with Gasteiger partial charge >= 0.3 is 6.01 Å². The van der Waals surface area contributed by atoms with Gasteiger partial charge in [0.05, 0.1) is 6.04 Å². The molecule has 0 aliphatic carbocycles. The summed E-state index contributed by atoms with van der Waals surface area (Å²) in [5.74, 6) is 1.16. The van der Waals surface area contributed by atoms with E-state index in [0.717, 1.165) is 42.0 Å². The first-order valence-corrected chi connectivity index (χ1v) is 14.3. The van der Waals surface area contributed by atoms with Crippen molar-refractivity contribution in [3.63, 3.8) is 0 Å². The Balaban J connectivity index is 1.33. The van der Waals surface area contributed by atoms with Gasteiger partial charge in [-0.2, -0.15) is 4.72 Å². The molecule has 1 saturated heterocycles. The van der Waals surface area contributed by atoms with Crippen LogP contribution in [0.15, 0.2) is 58.8 Å². The number of likely N-dealkylation sites (N-methyl/N-ethyl adjacent to an activating group) is 1. The first-order chi connectivity index (χ1) is 17.3. The fraction of sp³-hybridized carbons (Fsp3) is 0.360. The van der Waals surface area contributed by atoms with Gasteiger partial charge in [0.2, 0.25) is 0 Å². The summed E-state index contributed by atoms with van der Waals surface area (Å²) in [5.41, 5.74) is 1.10. The van der Waals surface area contributed by atoms with E-state index in [-0.39, 0.29) is 4.21 Å². The second-order valence-electron chi connectivity index (χ2n) is 8.92. The van der Waals surface area contributed by atoms with Gasteiger partial charge in [0, 0.05) is 49.2 Å². The van der Waals surface area contributed by atoms with Crippen molar-refractivity contribution in [3.8, 4) is 11.8 Å². The molecule has 0 radical (unpaired) electrons. The van der Waals surface area contributed by atoms with Crippen LogP contribution in [0.4, 0.5) is 5.69 Å². The zero-order valence-electron chi connectivity index (χ0n) is 20.6. The van der Waals surface area contributed by atoms with Crippen molar-refractivity contribution in [2.45, 2.75) is 30.6 Å². The number of hydrogen-bond acceptors (Lipinski definition) is 8. The third-order valence-corrected chi connectivity index (χ3v) is 9.47. The molecule has 0 amide bonds. The number of piperazine rings is 1. The number of nitrogens with one attached hydrogen (secondary N) is 1. The molecule has 3 heterocycles. The molecule has 9 nitrogen and oxygen atoms in total. The van der Waals surface area contributed by atoms with E-state index in [0.29, 0.717) is 24.1 Å². The lowest BCUT2D eigenvalue weighted by Gasteiger charge is -2.34. The van der Waals surface area contributed by atoms with Crippen LogP contribution in [0.5, 0.6) is 11.8 Å². The van der Waals surface area contributed by atoms with Gasteiger partial charge in [0.15, 0.2) is 5.82 Å². The summed E-state index contributed by atoms with van der Waals surface area (Å²) in [6.07, 6.45) is 0. The molecule has 1 N–H and O–H groups in total. The van der Waals surface area contributed by atoms with Crippen molar-refractivity contribution in [2.24, 2.45) is 0 Å². The summed E-state index contributed by atoms with van der Waals surface area (Å²) in [7, 11) is -1.59. The van der Waals surface area contributed by atoms with Crippen molar-refractivity contribution in [1.82, 2.24) is 24.4 Å². The lowest BCUT2D eigenvalue weighted by Crippen LogP contribution is -2.44. The van der Waals surface area contributed by atoms with E-state index >= 15 is 0 Å². The number of aromatic nitrogens is 3. The van der Waals surface area contributed by atoms with Gasteiger partial charge in [-0.15, -0.1) is 16.4 Å². The number of thiophene rings is 1. The fourth-order valence-electron chi connectivity index (χ4n) is 4.34. The summed E-state index contributed by atoms with van der Waals surface area (Å²) >= 11 is 1.25. The largest absolute Gasteiger partial charge is 0.424 e. The molecule has 5 rings (SSSR count). The zero-order chi connectivity index (χ0) is 25.3. The molecular formula is C25H30N6O3S2. The molecule has 4 aromatic rings. The van der Waals surface area contributed by atoms with Crippen molar-refractivity contribution < 1.29 is 13.2 Å². The number of anilines is 1. The Bertz CT molecular complexity index is 1420. The normalized spacial score (nSPS) is 15.9. The molecule has 1 atom stereocenters. The van der Waals surface area contributed by atoms with E-state index in [4.69, 9.17) is 4.74 Å². The Morgan fingerprint density at radius 3 is 2.58 bits per heavy atom. The lowest BCUT2D eigenvalue weighted by atomic mass is 10.2. The molecule has 2 aromatic carbocycles. The SMILES string of the molecule is CCn1c(Oc2cccc(N3CCN(C)CC3)c2)nnc1[C@@H](C)NS(=O)(=O)c1cc2ccccc2s1. The molecule has 0 bridgehead atoms. The molecule has 36 heavy (non-hydrogen) atoms. The van der Waals surface area contributed by atoms with E-state index in [1.165, 1.54) is 11.3 Å². The Morgan fingerprint density at radius 1 is 1.06 bits per heavy atom. The van der Waals surface area contributed by atoms with Crippen LogP contribution in [0.25, 0.3) is 10.1 Å². The molecule has 2 aromatic heterocycles. The Kier molecular flexibility index (Phi) is 6.98. The molecule has 0 saturated carbocycles. The quantitative estimate of drug-likeness (QED) is 0.370. The van der Waals surface area contributed by atoms with Gasteiger partial charge < -0.3 is 14.5 Å². The highest BCUT2D eigenvalue weighted by Crippen LogP contribution is 2.31. The number of benzene rings is 2. The van der Waals surface area contributed by atoms with E-state index in [1.54, 1.807) is 17.6 Å². The number of sulfonamides is 1. The lowest BCUT2D eigenvalue weighted by molar-refractivity contribution is 0.312. The highest BCUT2D eigenvalue weighted by atomic mass is 32.2. The molecule has 1 aliphatic rings. The third kappa shape index (κ3) is 5.10. The number of ether oxygens (including phenoxy) is 1.